The van der Waals surface area contributed by atoms with Crippen LogP contribution in [0, 0.1) is 0 Å². The number of furan rings is 1. The highest BCUT2D eigenvalue weighted by molar-refractivity contribution is 5.55. The van der Waals surface area contributed by atoms with Crippen molar-refractivity contribution in [2.75, 3.05) is 21.3 Å². The summed E-state index contributed by atoms with van der Waals surface area (Å²) in [6, 6.07) is 7.12. The summed E-state index contributed by atoms with van der Waals surface area (Å²) < 4.78 is 27.0. The van der Waals surface area contributed by atoms with E-state index >= 15 is 0 Å². The minimum Gasteiger partial charge on any atom is -0.493 e. The Morgan fingerprint density at radius 2 is 1.57 bits per heavy atom. The topological polar surface area (TPSA) is 76.1 Å². The van der Waals surface area contributed by atoms with E-state index in [0.29, 0.717) is 41.9 Å². The van der Waals surface area contributed by atoms with Crippen molar-refractivity contribution in [1.29, 1.82) is 0 Å². The Balaban J connectivity index is 2.15. The molecule has 2 rings (SSSR count). The Labute approximate surface area is 123 Å². The van der Waals surface area contributed by atoms with Gasteiger partial charge in [0.05, 0.1) is 27.9 Å². The van der Waals surface area contributed by atoms with Crippen LogP contribution in [-0.2, 0) is 13.2 Å². The van der Waals surface area contributed by atoms with Crippen LogP contribution in [0.1, 0.15) is 11.5 Å². The molecule has 0 bridgehead atoms. The van der Waals surface area contributed by atoms with E-state index < -0.39 is 0 Å². The molecule has 0 amide bonds. The quantitative estimate of drug-likeness (QED) is 0.844. The Hall–Kier alpha value is -2.34. The van der Waals surface area contributed by atoms with Gasteiger partial charge in [-0.3, -0.25) is 0 Å². The molecule has 0 unspecified atom stereocenters. The van der Waals surface area contributed by atoms with Gasteiger partial charge in [0.25, 0.3) is 0 Å². The van der Waals surface area contributed by atoms with Gasteiger partial charge >= 0.3 is 0 Å². The van der Waals surface area contributed by atoms with Gasteiger partial charge in [0.2, 0.25) is 5.75 Å². The standard InChI is InChI=1S/C15H19NO5/c1-17-13-6-12(7-14(18-2)15(13)19-3)20-9-11-5-4-10(8-16)21-11/h4-7H,8-9,16H2,1-3H3. The largest absolute Gasteiger partial charge is 0.493 e. The predicted octanol–water partition coefficient (Wildman–Crippen LogP) is 2.34. The average Bonchev–Trinajstić information content (AvgIpc) is 2.99. The molecule has 0 aliphatic heterocycles. The third-order valence-corrected chi connectivity index (χ3v) is 2.94. The number of methoxy groups -OCH3 is 3. The van der Waals surface area contributed by atoms with Gasteiger partial charge in [-0.25, -0.2) is 0 Å². The van der Waals surface area contributed by atoms with Crippen molar-refractivity contribution in [2.24, 2.45) is 5.73 Å². The van der Waals surface area contributed by atoms with Crippen LogP contribution in [0.4, 0.5) is 0 Å². The fourth-order valence-corrected chi connectivity index (χ4v) is 1.90. The minimum absolute atomic E-state index is 0.290. The first-order valence-corrected chi connectivity index (χ1v) is 6.42. The Kier molecular flexibility index (Phi) is 4.94. The van der Waals surface area contributed by atoms with Gasteiger partial charge in [0.15, 0.2) is 11.5 Å². The number of ether oxygens (including phenoxy) is 4. The zero-order valence-electron chi connectivity index (χ0n) is 12.3. The second-order valence-corrected chi connectivity index (χ2v) is 4.22. The van der Waals surface area contributed by atoms with E-state index in [4.69, 9.17) is 29.1 Å². The molecule has 114 valence electrons. The molecule has 0 saturated carbocycles. The van der Waals surface area contributed by atoms with Crippen LogP contribution in [0.25, 0.3) is 0 Å². The van der Waals surface area contributed by atoms with Crippen molar-refractivity contribution in [2.45, 2.75) is 13.2 Å². The van der Waals surface area contributed by atoms with Crippen molar-refractivity contribution in [3.8, 4) is 23.0 Å². The Morgan fingerprint density at radius 3 is 2.05 bits per heavy atom. The molecular formula is C15H19NO5. The maximum Gasteiger partial charge on any atom is 0.203 e. The highest BCUT2D eigenvalue weighted by Crippen LogP contribution is 2.40. The first kappa shape index (κ1) is 15.1. The summed E-state index contributed by atoms with van der Waals surface area (Å²) in [5.74, 6) is 3.61. The lowest BCUT2D eigenvalue weighted by molar-refractivity contribution is 0.260. The van der Waals surface area contributed by atoms with E-state index in [1.54, 1.807) is 33.5 Å². The number of nitrogens with two attached hydrogens (primary N) is 1. The van der Waals surface area contributed by atoms with Crippen molar-refractivity contribution >= 4 is 0 Å². The normalized spacial score (nSPS) is 10.3. The fourth-order valence-electron chi connectivity index (χ4n) is 1.90. The molecule has 0 atom stereocenters. The van der Waals surface area contributed by atoms with E-state index in [-0.39, 0.29) is 0 Å². The van der Waals surface area contributed by atoms with Crippen LogP contribution in [-0.4, -0.2) is 21.3 Å². The lowest BCUT2D eigenvalue weighted by Crippen LogP contribution is -1.99. The van der Waals surface area contributed by atoms with Gasteiger partial charge in [-0.05, 0) is 12.1 Å². The van der Waals surface area contributed by atoms with E-state index in [0.717, 1.165) is 5.76 Å². The number of hydrogen-bond acceptors (Lipinski definition) is 6. The smallest absolute Gasteiger partial charge is 0.203 e. The van der Waals surface area contributed by atoms with Gasteiger partial charge in [-0.2, -0.15) is 0 Å². The molecule has 1 aromatic carbocycles. The third kappa shape index (κ3) is 3.41. The van der Waals surface area contributed by atoms with Crippen LogP contribution in [0.15, 0.2) is 28.7 Å². The van der Waals surface area contributed by atoms with Gasteiger partial charge in [-0.15, -0.1) is 0 Å². The summed E-state index contributed by atoms with van der Waals surface area (Å²) in [7, 11) is 4.67. The number of hydrogen-bond donors (Lipinski definition) is 1. The summed E-state index contributed by atoms with van der Waals surface area (Å²) in [5.41, 5.74) is 5.50. The first-order valence-electron chi connectivity index (χ1n) is 6.42. The molecule has 0 saturated heterocycles. The maximum atomic E-state index is 5.68. The van der Waals surface area contributed by atoms with Crippen LogP contribution < -0.4 is 24.7 Å². The highest BCUT2D eigenvalue weighted by atomic mass is 16.5. The van der Waals surface area contributed by atoms with Gasteiger partial charge in [0, 0.05) is 12.1 Å². The second kappa shape index (κ2) is 6.90. The van der Waals surface area contributed by atoms with E-state index in [1.165, 1.54) is 0 Å². The summed E-state index contributed by atoms with van der Waals surface area (Å²) >= 11 is 0. The summed E-state index contributed by atoms with van der Waals surface area (Å²) in [5, 5.41) is 0. The molecule has 0 aliphatic carbocycles. The first-order chi connectivity index (χ1) is 10.2. The zero-order chi connectivity index (χ0) is 15.2. The summed E-state index contributed by atoms with van der Waals surface area (Å²) in [6.07, 6.45) is 0. The van der Waals surface area contributed by atoms with Crippen LogP contribution in [0.3, 0.4) is 0 Å². The molecule has 6 heteroatoms. The molecular weight excluding hydrogens is 274 g/mol. The molecule has 0 radical (unpaired) electrons. The second-order valence-electron chi connectivity index (χ2n) is 4.22. The predicted molar refractivity (Wildman–Crippen MR) is 77.0 cm³/mol. The van der Waals surface area contributed by atoms with E-state index in [9.17, 15) is 0 Å². The molecule has 0 fully saturated rings. The minimum atomic E-state index is 0.290. The number of rotatable bonds is 7. The zero-order valence-corrected chi connectivity index (χ0v) is 12.3. The fraction of sp³-hybridized carbons (Fsp3) is 0.333. The van der Waals surface area contributed by atoms with Crippen molar-refractivity contribution in [3.63, 3.8) is 0 Å². The van der Waals surface area contributed by atoms with Crippen LogP contribution in [0.5, 0.6) is 23.0 Å². The Bertz CT molecular complexity index is 568. The lowest BCUT2D eigenvalue weighted by Gasteiger charge is -2.14. The SMILES string of the molecule is COc1cc(OCc2ccc(CN)o2)cc(OC)c1OC. The van der Waals surface area contributed by atoms with Gasteiger partial charge in [-0.1, -0.05) is 0 Å². The molecule has 6 nitrogen and oxygen atoms in total. The molecule has 0 aliphatic rings. The summed E-state index contributed by atoms with van der Waals surface area (Å²) in [4.78, 5) is 0. The lowest BCUT2D eigenvalue weighted by atomic mass is 10.2. The maximum absolute atomic E-state index is 5.68. The molecule has 0 spiro atoms. The van der Waals surface area contributed by atoms with Crippen molar-refractivity contribution < 1.29 is 23.4 Å². The van der Waals surface area contributed by atoms with Crippen LogP contribution in [0.2, 0.25) is 0 Å². The van der Waals surface area contributed by atoms with Gasteiger partial charge in [0.1, 0.15) is 23.9 Å². The van der Waals surface area contributed by atoms with Crippen LogP contribution >= 0.6 is 0 Å². The molecule has 2 N–H and O–H groups in total. The van der Waals surface area contributed by atoms with Crippen molar-refractivity contribution in [1.82, 2.24) is 0 Å². The van der Waals surface area contributed by atoms with Gasteiger partial charge < -0.3 is 29.1 Å². The Morgan fingerprint density at radius 1 is 0.952 bits per heavy atom. The average molecular weight is 293 g/mol. The van der Waals surface area contributed by atoms with E-state index in [2.05, 4.69) is 0 Å². The third-order valence-electron chi connectivity index (χ3n) is 2.94. The van der Waals surface area contributed by atoms with Crippen molar-refractivity contribution in [3.05, 3.63) is 35.8 Å². The molecule has 21 heavy (non-hydrogen) atoms. The monoisotopic (exact) mass is 293 g/mol. The number of benzene rings is 1. The summed E-state index contributed by atoms with van der Waals surface area (Å²) in [6.45, 7) is 0.656. The highest BCUT2D eigenvalue weighted by Gasteiger charge is 2.14. The molecule has 1 heterocycles. The van der Waals surface area contributed by atoms with E-state index in [1.807, 2.05) is 12.1 Å². The molecule has 2 aromatic rings. The molecule has 1 aromatic heterocycles.